The average molecular weight is 326 g/mol. The first-order valence-corrected chi connectivity index (χ1v) is 6.15. The molecule has 0 aliphatic carbocycles. The normalized spacial score (nSPS) is 10.2. The average Bonchev–Trinajstić information content (AvgIpc) is 2.37. The van der Waals surface area contributed by atoms with E-state index in [-0.39, 0.29) is 5.69 Å². The highest BCUT2D eigenvalue weighted by Crippen LogP contribution is 2.25. The van der Waals surface area contributed by atoms with Gasteiger partial charge in [-0.2, -0.15) is 4.39 Å². The van der Waals surface area contributed by atoms with E-state index >= 15 is 0 Å². The molecule has 19 heavy (non-hydrogen) atoms. The number of hydrogen-bond donors (Lipinski definition) is 1. The van der Waals surface area contributed by atoms with E-state index in [0.717, 1.165) is 0 Å². The van der Waals surface area contributed by atoms with Crippen LogP contribution in [0.5, 0.6) is 0 Å². The fourth-order valence-electron chi connectivity index (χ4n) is 1.51. The predicted molar refractivity (Wildman–Crippen MR) is 72.3 cm³/mol. The second-order valence-corrected chi connectivity index (χ2v) is 4.60. The third-order valence-corrected chi connectivity index (χ3v) is 3.07. The van der Waals surface area contributed by atoms with Crippen molar-refractivity contribution in [2.75, 3.05) is 5.32 Å². The Hall–Kier alpha value is -2.02. The van der Waals surface area contributed by atoms with Crippen LogP contribution in [-0.2, 0) is 6.54 Å². The highest BCUT2D eigenvalue weighted by Gasteiger charge is 2.12. The molecule has 1 N–H and O–H groups in total. The molecular weight excluding hydrogens is 317 g/mol. The van der Waals surface area contributed by atoms with Crippen LogP contribution in [0.1, 0.15) is 5.56 Å². The molecule has 0 aliphatic heterocycles. The molecule has 0 aliphatic rings. The van der Waals surface area contributed by atoms with Crippen molar-refractivity contribution in [2.24, 2.45) is 0 Å². The Bertz CT molecular complexity index is 622. The van der Waals surface area contributed by atoms with Gasteiger partial charge in [0.05, 0.1) is 9.40 Å². The molecule has 1 heterocycles. The summed E-state index contributed by atoms with van der Waals surface area (Å²) >= 11 is 3.11. The van der Waals surface area contributed by atoms with E-state index in [9.17, 15) is 14.5 Å². The number of nitro benzene ring substituents is 1. The summed E-state index contributed by atoms with van der Waals surface area (Å²) in [5, 5.41) is 13.7. The van der Waals surface area contributed by atoms with Crippen molar-refractivity contribution in [1.82, 2.24) is 4.98 Å². The maximum atomic E-state index is 12.9. The molecule has 0 bridgehead atoms. The molecule has 7 heteroatoms. The molecular formula is C12H9BrFN3O2. The largest absolute Gasteiger partial charge is 0.366 e. The summed E-state index contributed by atoms with van der Waals surface area (Å²) in [6.07, 6.45) is 0. The van der Waals surface area contributed by atoms with Gasteiger partial charge in [0.1, 0.15) is 5.82 Å². The summed E-state index contributed by atoms with van der Waals surface area (Å²) in [5.74, 6) is -0.197. The van der Waals surface area contributed by atoms with E-state index in [0.29, 0.717) is 22.4 Å². The smallest absolute Gasteiger partial charge is 0.283 e. The molecule has 0 unspecified atom stereocenters. The van der Waals surface area contributed by atoms with Gasteiger partial charge in [-0.1, -0.05) is 12.1 Å². The first kappa shape index (κ1) is 13.4. The van der Waals surface area contributed by atoms with E-state index in [1.54, 1.807) is 18.2 Å². The minimum atomic E-state index is -0.577. The van der Waals surface area contributed by atoms with Crippen LogP contribution in [0.4, 0.5) is 15.9 Å². The van der Waals surface area contributed by atoms with E-state index in [4.69, 9.17) is 0 Å². The molecule has 98 valence electrons. The zero-order valence-corrected chi connectivity index (χ0v) is 11.2. The summed E-state index contributed by atoms with van der Waals surface area (Å²) in [6, 6.07) is 9.20. The molecule has 0 spiro atoms. The van der Waals surface area contributed by atoms with Gasteiger partial charge in [-0.25, -0.2) is 4.98 Å². The molecule has 1 aromatic heterocycles. The third-order valence-electron chi connectivity index (χ3n) is 2.40. The third kappa shape index (κ3) is 3.47. The van der Waals surface area contributed by atoms with Crippen LogP contribution in [0, 0.1) is 16.1 Å². The van der Waals surface area contributed by atoms with Crippen molar-refractivity contribution in [3.8, 4) is 0 Å². The van der Waals surface area contributed by atoms with Crippen molar-refractivity contribution in [3.63, 3.8) is 0 Å². The van der Waals surface area contributed by atoms with Crippen LogP contribution in [0.25, 0.3) is 0 Å². The Morgan fingerprint density at radius 2 is 2.16 bits per heavy atom. The van der Waals surface area contributed by atoms with Crippen molar-refractivity contribution in [3.05, 3.63) is 62.5 Å². The highest BCUT2D eigenvalue weighted by molar-refractivity contribution is 9.10. The number of anilines is 1. The zero-order valence-electron chi connectivity index (χ0n) is 9.64. The van der Waals surface area contributed by atoms with Crippen LogP contribution < -0.4 is 5.32 Å². The molecule has 0 fully saturated rings. The van der Waals surface area contributed by atoms with Crippen molar-refractivity contribution < 1.29 is 9.31 Å². The first-order valence-electron chi connectivity index (χ1n) is 5.35. The lowest BCUT2D eigenvalue weighted by molar-refractivity contribution is -0.385. The predicted octanol–water partition coefficient (Wildman–Crippen LogP) is 3.50. The number of aromatic nitrogens is 1. The van der Waals surface area contributed by atoms with Gasteiger partial charge in [0, 0.05) is 12.6 Å². The Kier molecular flexibility index (Phi) is 4.06. The van der Waals surface area contributed by atoms with Crippen LogP contribution in [0.3, 0.4) is 0 Å². The van der Waals surface area contributed by atoms with Gasteiger partial charge >= 0.3 is 0 Å². The number of halogens is 2. The van der Waals surface area contributed by atoms with Gasteiger partial charge in [0.15, 0.2) is 0 Å². The Labute approximate surface area is 116 Å². The van der Waals surface area contributed by atoms with Gasteiger partial charge in [-0.3, -0.25) is 10.1 Å². The monoisotopic (exact) mass is 325 g/mol. The van der Waals surface area contributed by atoms with Gasteiger partial charge in [0.25, 0.3) is 5.69 Å². The highest BCUT2D eigenvalue weighted by atomic mass is 79.9. The van der Waals surface area contributed by atoms with E-state index < -0.39 is 10.9 Å². The molecule has 2 aromatic rings. The lowest BCUT2D eigenvalue weighted by atomic mass is 10.2. The molecule has 0 radical (unpaired) electrons. The first-order chi connectivity index (χ1) is 9.06. The summed E-state index contributed by atoms with van der Waals surface area (Å²) in [4.78, 5) is 14.0. The fourth-order valence-corrected chi connectivity index (χ4v) is 1.90. The molecule has 1 aromatic carbocycles. The van der Waals surface area contributed by atoms with Crippen LogP contribution in [-0.4, -0.2) is 9.91 Å². The Balaban J connectivity index is 2.12. The Morgan fingerprint density at radius 1 is 1.37 bits per heavy atom. The van der Waals surface area contributed by atoms with E-state index in [1.807, 2.05) is 0 Å². The number of pyridine rings is 1. The second-order valence-electron chi connectivity index (χ2n) is 3.74. The van der Waals surface area contributed by atoms with Crippen molar-refractivity contribution in [2.45, 2.75) is 6.54 Å². The van der Waals surface area contributed by atoms with Gasteiger partial charge < -0.3 is 5.32 Å². The van der Waals surface area contributed by atoms with Crippen LogP contribution >= 0.6 is 15.9 Å². The van der Waals surface area contributed by atoms with Gasteiger partial charge in [-0.05, 0) is 39.7 Å². The molecule has 0 saturated heterocycles. The summed E-state index contributed by atoms with van der Waals surface area (Å²) < 4.78 is 13.3. The quantitative estimate of drug-likeness (QED) is 0.530. The standard InChI is InChI=1S/C12H9BrFN3O2/c13-9-5-4-8(6-10(9)17(18)19)7-15-12-3-1-2-11(14)16-12/h1-6H,7H2,(H,15,16). The fraction of sp³-hybridized carbons (Fsp3) is 0.0833. The SMILES string of the molecule is O=[N+]([O-])c1cc(CNc2cccc(F)n2)ccc1Br. The van der Waals surface area contributed by atoms with E-state index in [1.165, 1.54) is 18.2 Å². The number of rotatable bonds is 4. The van der Waals surface area contributed by atoms with E-state index in [2.05, 4.69) is 26.2 Å². The zero-order chi connectivity index (χ0) is 13.8. The Morgan fingerprint density at radius 3 is 2.84 bits per heavy atom. The lowest BCUT2D eigenvalue weighted by Gasteiger charge is -2.06. The maximum absolute atomic E-state index is 12.9. The molecule has 0 amide bonds. The maximum Gasteiger partial charge on any atom is 0.283 e. The number of nitro groups is 1. The molecule has 5 nitrogen and oxygen atoms in total. The molecule has 2 rings (SSSR count). The lowest BCUT2D eigenvalue weighted by Crippen LogP contribution is -2.02. The van der Waals surface area contributed by atoms with Crippen molar-refractivity contribution in [1.29, 1.82) is 0 Å². The summed E-state index contributed by atoms with van der Waals surface area (Å²) in [5.41, 5.74) is 0.701. The van der Waals surface area contributed by atoms with Crippen LogP contribution in [0.2, 0.25) is 0 Å². The topological polar surface area (TPSA) is 68.1 Å². The summed E-state index contributed by atoms with van der Waals surface area (Å²) in [6.45, 7) is 0.324. The van der Waals surface area contributed by atoms with Gasteiger partial charge in [-0.15, -0.1) is 0 Å². The minimum Gasteiger partial charge on any atom is -0.366 e. The van der Waals surface area contributed by atoms with Gasteiger partial charge in [0.2, 0.25) is 5.95 Å². The number of nitrogens with zero attached hydrogens (tertiary/aromatic N) is 2. The number of nitrogens with one attached hydrogen (secondary N) is 1. The summed E-state index contributed by atoms with van der Waals surface area (Å²) in [7, 11) is 0. The molecule has 0 saturated carbocycles. The number of benzene rings is 1. The second kappa shape index (κ2) is 5.75. The minimum absolute atomic E-state index is 0.00787. The van der Waals surface area contributed by atoms with Crippen molar-refractivity contribution >= 4 is 27.4 Å². The number of hydrogen-bond acceptors (Lipinski definition) is 4. The van der Waals surface area contributed by atoms with Crippen LogP contribution in [0.15, 0.2) is 40.9 Å². The molecule has 0 atom stereocenters.